The van der Waals surface area contributed by atoms with Crippen LogP contribution in [0.15, 0.2) is 22.7 Å². The van der Waals surface area contributed by atoms with E-state index in [9.17, 15) is 9.90 Å². The Morgan fingerprint density at radius 3 is 2.86 bits per heavy atom. The second kappa shape index (κ2) is 4.97. The number of likely N-dealkylation sites (N-methyl/N-ethyl adjacent to an activating group) is 1. The van der Waals surface area contributed by atoms with E-state index in [1.807, 2.05) is 0 Å². The second-order valence-corrected chi connectivity index (χ2v) is 3.66. The monoisotopic (exact) mass is 258 g/mol. The second-order valence-electron chi connectivity index (χ2n) is 2.74. The van der Waals surface area contributed by atoms with Gasteiger partial charge in [0.05, 0.1) is 12.2 Å². The molecule has 0 radical (unpaired) electrons. The molecule has 76 valence electrons. The summed E-state index contributed by atoms with van der Waals surface area (Å²) >= 11 is 3.21. The number of nitrogens with one attached hydrogen (secondary N) is 2. The number of phenols is 1. The molecular formula is C9H11BrN2O2. The molecule has 0 aliphatic heterocycles. The standard InChI is InChI=1S/C9H11BrN2O2/c1-11-5-9(14)12-7-3-2-6(10)4-8(7)13/h2-4,11,13H,5H2,1H3,(H,12,14). The van der Waals surface area contributed by atoms with Gasteiger partial charge in [0.25, 0.3) is 0 Å². The van der Waals surface area contributed by atoms with Crippen LogP contribution >= 0.6 is 15.9 Å². The maximum absolute atomic E-state index is 11.2. The average Bonchev–Trinajstić information content (AvgIpc) is 2.10. The first kappa shape index (κ1) is 11.0. The van der Waals surface area contributed by atoms with E-state index in [0.29, 0.717) is 5.69 Å². The minimum Gasteiger partial charge on any atom is -0.506 e. The first-order valence-electron chi connectivity index (χ1n) is 4.06. The molecule has 5 heteroatoms. The van der Waals surface area contributed by atoms with Gasteiger partial charge in [-0.2, -0.15) is 0 Å². The zero-order valence-corrected chi connectivity index (χ0v) is 9.26. The van der Waals surface area contributed by atoms with E-state index in [4.69, 9.17) is 0 Å². The summed E-state index contributed by atoms with van der Waals surface area (Å²) in [6, 6.07) is 4.90. The third-order valence-corrected chi connectivity index (χ3v) is 2.06. The van der Waals surface area contributed by atoms with Gasteiger partial charge in [-0.15, -0.1) is 0 Å². The number of carbonyl (C=O) groups excluding carboxylic acids is 1. The normalized spacial score (nSPS) is 9.86. The fourth-order valence-corrected chi connectivity index (χ4v) is 1.31. The molecule has 1 amide bonds. The minimum absolute atomic E-state index is 0.0452. The van der Waals surface area contributed by atoms with Gasteiger partial charge in [0.15, 0.2) is 0 Å². The highest BCUT2D eigenvalue weighted by Gasteiger charge is 2.05. The van der Waals surface area contributed by atoms with Crippen molar-refractivity contribution in [2.75, 3.05) is 18.9 Å². The minimum atomic E-state index is -0.190. The van der Waals surface area contributed by atoms with Crippen LogP contribution in [0.25, 0.3) is 0 Å². The molecule has 0 saturated carbocycles. The quantitative estimate of drug-likeness (QED) is 0.717. The average molecular weight is 259 g/mol. The number of carbonyl (C=O) groups is 1. The molecule has 0 unspecified atom stereocenters. The van der Waals surface area contributed by atoms with Crippen LogP contribution in [0.3, 0.4) is 0 Å². The van der Waals surface area contributed by atoms with Crippen LogP contribution in [-0.2, 0) is 4.79 Å². The Labute approximate surface area is 90.4 Å². The number of benzene rings is 1. The summed E-state index contributed by atoms with van der Waals surface area (Å²) in [5, 5.41) is 14.7. The molecule has 3 N–H and O–H groups in total. The number of halogens is 1. The van der Waals surface area contributed by atoms with Crippen molar-refractivity contribution < 1.29 is 9.90 Å². The number of hydrogen-bond acceptors (Lipinski definition) is 3. The van der Waals surface area contributed by atoms with Gasteiger partial charge >= 0.3 is 0 Å². The Kier molecular flexibility index (Phi) is 3.91. The van der Waals surface area contributed by atoms with Crippen LogP contribution in [0.4, 0.5) is 5.69 Å². The molecule has 1 aromatic carbocycles. The van der Waals surface area contributed by atoms with Gasteiger partial charge < -0.3 is 15.7 Å². The molecule has 14 heavy (non-hydrogen) atoms. The lowest BCUT2D eigenvalue weighted by atomic mass is 10.3. The van der Waals surface area contributed by atoms with E-state index in [1.165, 1.54) is 6.07 Å². The lowest BCUT2D eigenvalue weighted by Gasteiger charge is -2.06. The van der Waals surface area contributed by atoms with Crippen molar-refractivity contribution in [2.45, 2.75) is 0 Å². The third-order valence-electron chi connectivity index (χ3n) is 1.57. The first-order valence-corrected chi connectivity index (χ1v) is 4.85. The molecule has 0 fully saturated rings. The summed E-state index contributed by atoms with van der Waals surface area (Å²) in [4.78, 5) is 11.2. The van der Waals surface area contributed by atoms with Gasteiger partial charge in [-0.3, -0.25) is 4.79 Å². The van der Waals surface area contributed by atoms with Crippen molar-refractivity contribution >= 4 is 27.5 Å². The summed E-state index contributed by atoms with van der Waals surface area (Å²) in [7, 11) is 1.68. The van der Waals surface area contributed by atoms with Gasteiger partial charge in [0.2, 0.25) is 5.91 Å². The number of hydrogen-bond donors (Lipinski definition) is 3. The number of rotatable bonds is 3. The van der Waals surface area contributed by atoms with Crippen LogP contribution in [-0.4, -0.2) is 24.6 Å². The summed E-state index contributed by atoms with van der Waals surface area (Å²) in [6.45, 7) is 0.218. The molecular weight excluding hydrogens is 248 g/mol. The van der Waals surface area contributed by atoms with Crippen molar-refractivity contribution in [1.82, 2.24) is 5.32 Å². The molecule has 0 atom stereocenters. The lowest BCUT2D eigenvalue weighted by molar-refractivity contribution is -0.115. The molecule has 0 spiro atoms. The maximum Gasteiger partial charge on any atom is 0.238 e. The van der Waals surface area contributed by atoms with E-state index >= 15 is 0 Å². The molecule has 0 bridgehead atoms. The molecule has 1 aromatic rings. The highest BCUT2D eigenvalue weighted by Crippen LogP contribution is 2.26. The number of amides is 1. The van der Waals surface area contributed by atoms with E-state index in [0.717, 1.165) is 4.47 Å². The first-order chi connectivity index (χ1) is 6.63. The molecule has 0 saturated heterocycles. The predicted molar refractivity (Wildman–Crippen MR) is 58.4 cm³/mol. The Balaban J connectivity index is 2.72. The van der Waals surface area contributed by atoms with E-state index in [1.54, 1.807) is 19.2 Å². The van der Waals surface area contributed by atoms with Gasteiger partial charge in [0, 0.05) is 4.47 Å². The Morgan fingerprint density at radius 1 is 1.57 bits per heavy atom. The van der Waals surface area contributed by atoms with E-state index < -0.39 is 0 Å². The van der Waals surface area contributed by atoms with Gasteiger partial charge in [-0.1, -0.05) is 15.9 Å². The van der Waals surface area contributed by atoms with E-state index in [2.05, 4.69) is 26.6 Å². The zero-order chi connectivity index (χ0) is 10.6. The fourth-order valence-electron chi connectivity index (χ4n) is 0.965. The van der Waals surface area contributed by atoms with Crippen molar-refractivity contribution in [3.8, 4) is 5.75 Å². The highest BCUT2D eigenvalue weighted by atomic mass is 79.9. The Bertz CT molecular complexity index is 342. The van der Waals surface area contributed by atoms with Crippen LogP contribution < -0.4 is 10.6 Å². The largest absolute Gasteiger partial charge is 0.506 e. The van der Waals surface area contributed by atoms with Crippen molar-refractivity contribution in [1.29, 1.82) is 0 Å². The van der Waals surface area contributed by atoms with Crippen molar-refractivity contribution in [3.05, 3.63) is 22.7 Å². The highest BCUT2D eigenvalue weighted by molar-refractivity contribution is 9.10. The van der Waals surface area contributed by atoms with Crippen LogP contribution in [0.2, 0.25) is 0 Å². The molecule has 0 aliphatic carbocycles. The zero-order valence-electron chi connectivity index (χ0n) is 7.67. The molecule has 0 aliphatic rings. The van der Waals surface area contributed by atoms with Gasteiger partial charge in [0.1, 0.15) is 5.75 Å². The Hall–Kier alpha value is -1.07. The Morgan fingerprint density at radius 2 is 2.29 bits per heavy atom. The van der Waals surface area contributed by atoms with Crippen molar-refractivity contribution in [2.24, 2.45) is 0 Å². The van der Waals surface area contributed by atoms with Gasteiger partial charge in [-0.05, 0) is 25.2 Å². The fraction of sp³-hybridized carbons (Fsp3) is 0.222. The maximum atomic E-state index is 11.2. The SMILES string of the molecule is CNCC(=O)Nc1ccc(Br)cc1O. The summed E-state index contributed by atoms with van der Waals surface area (Å²) < 4.78 is 0.765. The number of phenolic OH excluding ortho intramolecular Hbond substituents is 1. The summed E-state index contributed by atoms with van der Waals surface area (Å²) in [5.41, 5.74) is 0.411. The number of aromatic hydroxyl groups is 1. The van der Waals surface area contributed by atoms with Crippen LogP contribution in [0.5, 0.6) is 5.75 Å². The van der Waals surface area contributed by atoms with Gasteiger partial charge in [-0.25, -0.2) is 0 Å². The molecule has 0 heterocycles. The predicted octanol–water partition coefficient (Wildman–Crippen LogP) is 1.31. The van der Waals surface area contributed by atoms with Crippen molar-refractivity contribution in [3.63, 3.8) is 0 Å². The topological polar surface area (TPSA) is 61.4 Å². The molecule has 4 nitrogen and oxygen atoms in total. The summed E-state index contributed by atoms with van der Waals surface area (Å²) in [6.07, 6.45) is 0. The van der Waals surface area contributed by atoms with E-state index in [-0.39, 0.29) is 18.2 Å². The molecule has 1 rings (SSSR count). The van der Waals surface area contributed by atoms with Crippen LogP contribution in [0.1, 0.15) is 0 Å². The lowest BCUT2D eigenvalue weighted by Crippen LogP contribution is -2.25. The summed E-state index contributed by atoms with van der Waals surface area (Å²) in [5.74, 6) is -0.144. The van der Waals surface area contributed by atoms with Crippen LogP contribution in [0, 0.1) is 0 Å². The third kappa shape index (κ3) is 3.01. The smallest absolute Gasteiger partial charge is 0.238 e. The molecule has 0 aromatic heterocycles. The number of anilines is 1.